The van der Waals surface area contributed by atoms with Crippen LogP contribution in [0.1, 0.15) is 11.3 Å². The van der Waals surface area contributed by atoms with Crippen LogP contribution in [0.15, 0.2) is 29.7 Å². The summed E-state index contributed by atoms with van der Waals surface area (Å²) < 4.78 is 1.50. The number of nitrogens with zero attached hydrogens (tertiary/aromatic N) is 6. The van der Waals surface area contributed by atoms with Crippen molar-refractivity contribution < 1.29 is 0 Å². The maximum atomic E-state index is 11.7. The van der Waals surface area contributed by atoms with E-state index in [1.54, 1.807) is 25.8 Å². The van der Waals surface area contributed by atoms with Crippen LogP contribution in [0.3, 0.4) is 0 Å². The lowest BCUT2D eigenvalue weighted by Gasteiger charge is -2.23. The van der Waals surface area contributed by atoms with Crippen LogP contribution in [-0.4, -0.2) is 50.6 Å². The SMILES string of the molecule is Cc1cncnc1N1CC2CN(Cc3cc(=O)n(C)cn3)CC2C1. The van der Waals surface area contributed by atoms with Gasteiger partial charge < -0.3 is 9.47 Å². The summed E-state index contributed by atoms with van der Waals surface area (Å²) in [4.78, 5) is 29.4. The van der Waals surface area contributed by atoms with Crippen molar-refractivity contribution in [1.29, 1.82) is 0 Å². The molecule has 2 atom stereocenters. The minimum atomic E-state index is 0.00445. The number of hydrogen-bond donors (Lipinski definition) is 0. The number of anilines is 1. The lowest BCUT2D eigenvalue weighted by molar-refractivity contribution is 0.304. The van der Waals surface area contributed by atoms with Gasteiger partial charge in [0.15, 0.2) is 0 Å². The highest BCUT2D eigenvalue weighted by atomic mass is 16.1. The first-order valence-corrected chi connectivity index (χ1v) is 8.35. The molecule has 4 rings (SSSR count). The number of rotatable bonds is 3. The summed E-state index contributed by atoms with van der Waals surface area (Å²) in [6.45, 7) is 7.03. The molecule has 0 radical (unpaired) electrons. The number of aryl methyl sites for hydroxylation is 2. The lowest BCUT2D eigenvalue weighted by Crippen LogP contribution is -2.30. The highest BCUT2D eigenvalue weighted by Gasteiger charge is 2.40. The highest BCUT2D eigenvalue weighted by molar-refractivity contribution is 5.46. The minimum absolute atomic E-state index is 0.00445. The topological polar surface area (TPSA) is 67.2 Å². The Hall–Kier alpha value is -2.28. The Labute approximate surface area is 141 Å². The fourth-order valence-electron chi connectivity index (χ4n) is 3.93. The van der Waals surface area contributed by atoms with Gasteiger partial charge in [-0.05, 0) is 18.8 Å². The summed E-state index contributed by atoms with van der Waals surface area (Å²) in [7, 11) is 1.73. The molecule has 2 unspecified atom stereocenters. The molecule has 2 aliphatic heterocycles. The number of likely N-dealkylation sites (tertiary alicyclic amines) is 1. The van der Waals surface area contributed by atoms with Crippen molar-refractivity contribution in [2.45, 2.75) is 13.5 Å². The van der Waals surface area contributed by atoms with E-state index in [-0.39, 0.29) is 5.56 Å². The minimum Gasteiger partial charge on any atom is -0.356 e. The summed E-state index contributed by atoms with van der Waals surface area (Å²) in [5.41, 5.74) is 2.00. The Morgan fingerprint density at radius 1 is 1.17 bits per heavy atom. The van der Waals surface area contributed by atoms with Crippen LogP contribution >= 0.6 is 0 Å². The van der Waals surface area contributed by atoms with Crippen LogP contribution in [0.2, 0.25) is 0 Å². The average Bonchev–Trinajstić information content (AvgIpc) is 3.09. The van der Waals surface area contributed by atoms with E-state index < -0.39 is 0 Å². The molecule has 24 heavy (non-hydrogen) atoms. The molecule has 0 aromatic carbocycles. The third kappa shape index (κ3) is 2.80. The smallest absolute Gasteiger partial charge is 0.253 e. The molecule has 2 fully saturated rings. The molecular formula is C17H22N6O. The van der Waals surface area contributed by atoms with Crippen molar-refractivity contribution in [1.82, 2.24) is 24.4 Å². The molecule has 7 nitrogen and oxygen atoms in total. The molecular weight excluding hydrogens is 304 g/mol. The van der Waals surface area contributed by atoms with Crippen LogP contribution in [0, 0.1) is 18.8 Å². The molecule has 2 aromatic rings. The zero-order valence-corrected chi connectivity index (χ0v) is 14.1. The van der Waals surface area contributed by atoms with Crippen molar-refractivity contribution in [3.05, 3.63) is 46.5 Å². The molecule has 0 N–H and O–H groups in total. The fourth-order valence-corrected chi connectivity index (χ4v) is 3.93. The quantitative estimate of drug-likeness (QED) is 0.816. The summed E-state index contributed by atoms with van der Waals surface area (Å²) >= 11 is 0. The molecule has 2 saturated heterocycles. The molecule has 0 spiro atoms. The van der Waals surface area contributed by atoms with Gasteiger partial charge in [0.25, 0.3) is 5.56 Å². The summed E-state index contributed by atoms with van der Waals surface area (Å²) in [5, 5.41) is 0. The first-order chi connectivity index (χ1) is 11.6. The van der Waals surface area contributed by atoms with Gasteiger partial charge in [-0.3, -0.25) is 9.69 Å². The van der Waals surface area contributed by atoms with Crippen molar-refractivity contribution >= 4 is 5.82 Å². The maximum Gasteiger partial charge on any atom is 0.253 e. The van der Waals surface area contributed by atoms with Gasteiger partial charge in [-0.1, -0.05) is 0 Å². The van der Waals surface area contributed by atoms with Gasteiger partial charge in [0.1, 0.15) is 12.1 Å². The predicted molar refractivity (Wildman–Crippen MR) is 90.7 cm³/mol. The van der Waals surface area contributed by atoms with E-state index in [1.807, 2.05) is 6.20 Å². The number of fused-ring (bicyclic) bond motifs is 1. The molecule has 0 saturated carbocycles. The Morgan fingerprint density at radius 3 is 2.58 bits per heavy atom. The molecule has 126 valence electrons. The summed E-state index contributed by atoms with van der Waals surface area (Å²) in [6.07, 6.45) is 5.11. The van der Waals surface area contributed by atoms with E-state index in [9.17, 15) is 4.79 Å². The van der Waals surface area contributed by atoms with E-state index in [2.05, 4.69) is 31.7 Å². The van der Waals surface area contributed by atoms with Crippen molar-refractivity contribution in [3.8, 4) is 0 Å². The van der Waals surface area contributed by atoms with Gasteiger partial charge >= 0.3 is 0 Å². The summed E-state index contributed by atoms with van der Waals surface area (Å²) in [5.74, 6) is 2.39. The highest BCUT2D eigenvalue weighted by Crippen LogP contribution is 2.34. The molecule has 4 heterocycles. The summed E-state index contributed by atoms with van der Waals surface area (Å²) in [6, 6.07) is 1.64. The van der Waals surface area contributed by atoms with Gasteiger partial charge in [0, 0.05) is 57.6 Å². The lowest BCUT2D eigenvalue weighted by atomic mass is 10.0. The van der Waals surface area contributed by atoms with Gasteiger partial charge in [-0.15, -0.1) is 0 Å². The van der Waals surface area contributed by atoms with Crippen molar-refractivity contribution in [2.24, 2.45) is 18.9 Å². The number of aromatic nitrogens is 4. The normalized spacial score (nSPS) is 23.7. The van der Waals surface area contributed by atoms with Crippen LogP contribution < -0.4 is 10.5 Å². The van der Waals surface area contributed by atoms with Gasteiger partial charge in [-0.25, -0.2) is 15.0 Å². The van der Waals surface area contributed by atoms with Crippen LogP contribution in [-0.2, 0) is 13.6 Å². The maximum absolute atomic E-state index is 11.7. The van der Waals surface area contributed by atoms with E-state index in [1.165, 1.54) is 4.57 Å². The first kappa shape index (κ1) is 15.3. The molecule has 2 aliphatic rings. The third-order valence-electron chi connectivity index (χ3n) is 5.15. The Bertz CT molecular complexity index is 790. The standard InChI is InChI=1S/C17H22N6O/c1-12-4-18-10-19-17(12)23-7-13-5-22(6-14(13)8-23)9-15-3-16(24)21(2)11-20-15/h3-4,10-11,13-14H,5-9H2,1-2H3. The van der Waals surface area contributed by atoms with Crippen LogP contribution in [0.4, 0.5) is 5.82 Å². The van der Waals surface area contributed by atoms with Crippen LogP contribution in [0.25, 0.3) is 0 Å². The largest absolute Gasteiger partial charge is 0.356 e. The average molecular weight is 326 g/mol. The second-order valence-electron chi connectivity index (χ2n) is 6.98. The van der Waals surface area contributed by atoms with E-state index >= 15 is 0 Å². The molecule has 0 amide bonds. The molecule has 0 aliphatic carbocycles. The van der Waals surface area contributed by atoms with Crippen LogP contribution in [0.5, 0.6) is 0 Å². The predicted octanol–water partition coefficient (Wildman–Crippen LogP) is 0.447. The second kappa shape index (κ2) is 5.98. The van der Waals surface area contributed by atoms with E-state index in [0.29, 0.717) is 11.8 Å². The zero-order valence-electron chi connectivity index (χ0n) is 14.1. The first-order valence-electron chi connectivity index (χ1n) is 8.35. The Kier molecular flexibility index (Phi) is 3.80. The van der Waals surface area contributed by atoms with E-state index in [0.717, 1.165) is 49.8 Å². The van der Waals surface area contributed by atoms with E-state index in [4.69, 9.17) is 0 Å². The Balaban J connectivity index is 1.40. The molecule has 0 bridgehead atoms. The van der Waals surface area contributed by atoms with Crippen molar-refractivity contribution in [2.75, 3.05) is 31.1 Å². The fraction of sp³-hybridized carbons (Fsp3) is 0.529. The number of hydrogen-bond acceptors (Lipinski definition) is 6. The zero-order chi connectivity index (χ0) is 16.7. The van der Waals surface area contributed by atoms with Gasteiger partial charge in [0.2, 0.25) is 0 Å². The molecule has 2 aromatic heterocycles. The molecule has 7 heteroatoms. The van der Waals surface area contributed by atoms with Gasteiger partial charge in [-0.2, -0.15) is 0 Å². The van der Waals surface area contributed by atoms with Gasteiger partial charge in [0.05, 0.1) is 12.0 Å². The Morgan fingerprint density at radius 2 is 1.92 bits per heavy atom. The van der Waals surface area contributed by atoms with Crippen molar-refractivity contribution in [3.63, 3.8) is 0 Å². The third-order valence-corrected chi connectivity index (χ3v) is 5.15. The monoisotopic (exact) mass is 326 g/mol. The second-order valence-corrected chi connectivity index (χ2v) is 6.98.